The zero-order chi connectivity index (χ0) is 15.8. The quantitative estimate of drug-likeness (QED) is 0.611. The minimum Gasteiger partial charge on any atom is -0.465 e. The summed E-state index contributed by atoms with van der Waals surface area (Å²) >= 11 is 0. The molecular weight excluding hydrogens is 254 g/mol. The largest absolute Gasteiger partial charge is 0.465 e. The zero-order valence-electron chi connectivity index (χ0n) is 14.1. The highest BCUT2D eigenvalue weighted by atomic mass is 16.5. The Hall–Kier alpha value is -0.650. The van der Waals surface area contributed by atoms with E-state index in [2.05, 4.69) is 37.7 Å². The maximum absolute atomic E-state index is 11.8. The highest BCUT2D eigenvalue weighted by Crippen LogP contribution is 2.11. The number of rotatable bonds is 10. The van der Waals surface area contributed by atoms with Crippen LogP contribution in [0.25, 0.3) is 0 Å². The van der Waals surface area contributed by atoms with E-state index in [0.717, 1.165) is 26.2 Å². The van der Waals surface area contributed by atoms with Gasteiger partial charge in [-0.1, -0.05) is 13.8 Å². The summed E-state index contributed by atoms with van der Waals surface area (Å²) in [4.78, 5) is 16.3. The summed E-state index contributed by atoms with van der Waals surface area (Å²) in [5.41, 5.74) is 5.17. The molecule has 0 fully saturated rings. The van der Waals surface area contributed by atoms with Crippen molar-refractivity contribution in [1.82, 2.24) is 9.80 Å². The second-order valence-corrected chi connectivity index (χ2v) is 6.39. The molecule has 0 aromatic heterocycles. The number of esters is 1. The van der Waals surface area contributed by atoms with Crippen LogP contribution in [0.2, 0.25) is 0 Å². The van der Waals surface area contributed by atoms with Crippen molar-refractivity contribution >= 4 is 5.97 Å². The maximum Gasteiger partial charge on any atom is 0.325 e. The van der Waals surface area contributed by atoms with Gasteiger partial charge in [-0.25, -0.2) is 0 Å². The number of nitrogens with zero attached hydrogens (tertiary/aromatic N) is 2. The normalized spacial score (nSPS) is 14.9. The SMILES string of the molecule is CCOC(=O)C(C)(N)CCN(CCN(C)C)CC(C)C. The lowest BCUT2D eigenvalue weighted by atomic mass is 9.99. The molecule has 0 aromatic rings. The van der Waals surface area contributed by atoms with E-state index in [4.69, 9.17) is 10.5 Å². The molecule has 120 valence electrons. The molecule has 0 aliphatic carbocycles. The number of hydrogen-bond donors (Lipinski definition) is 1. The smallest absolute Gasteiger partial charge is 0.325 e. The fourth-order valence-corrected chi connectivity index (χ4v) is 1.94. The molecule has 0 rings (SSSR count). The zero-order valence-corrected chi connectivity index (χ0v) is 14.1. The van der Waals surface area contributed by atoms with Gasteiger partial charge in [0, 0.05) is 26.2 Å². The summed E-state index contributed by atoms with van der Waals surface area (Å²) in [6, 6.07) is 0. The average Bonchev–Trinajstić information content (AvgIpc) is 2.32. The van der Waals surface area contributed by atoms with Crippen molar-refractivity contribution in [2.24, 2.45) is 11.7 Å². The Morgan fingerprint density at radius 2 is 1.85 bits per heavy atom. The van der Waals surface area contributed by atoms with Gasteiger partial charge < -0.3 is 20.3 Å². The minimum absolute atomic E-state index is 0.308. The summed E-state index contributed by atoms with van der Waals surface area (Å²) in [6.45, 7) is 12.2. The molecule has 0 spiro atoms. The third-order valence-electron chi connectivity index (χ3n) is 3.18. The van der Waals surface area contributed by atoms with Crippen LogP contribution in [-0.4, -0.2) is 68.2 Å². The number of carbonyl (C=O) groups is 1. The van der Waals surface area contributed by atoms with Crippen molar-refractivity contribution in [2.45, 2.75) is 39.7 Å². The van der Waals surface area contributed by atoms with Crippen molar-refractivity contribution in [3.05, 3.63) is 0 Å². The summed E-state index contributed by atoms with van der Waals surface area (Å²) in [5, 5.41) is 0. The Balaban J connectivity index is 4.38. The van der Waals surface area contributed by atoms with Crippen LogP contribution in [0.5, 0.6) is 0 Å². The Labute approximate surface area is 124 Å². The lowest BCUT2D eigenvalue weighted by molar-refractivity contribution is -0.149. The molecule has 2 N–H and O–H groups in total. The van der Waals surface area contributed by atoms with Crippen LogP contribution < -0.4 is 5.73 Å². The molecule has 0 aliphatic heterocycles. The fraction of sp³-hybridized carbons (Fsp3) is 0.933. The lowest BCUT2D eigenvalue weighted by Gasteiger charge is -2.29. The van der Waals surface area contributed by atoms with Crippen LogP contribution in [0, 0.1) is 5.92 Å². The van der Waals surface area contributed by atoms with Gasteiger partial charge in [-0.15, -0.1) is 0 Å². The van der Waals surface area contributed by atoms with Gasteiger partial charge in [0.25, 0.3) is 0 Å². The molecule has 0 bridgehead atoms. The molecule has 0 radical (unpaired) electrons. The Bertz CT molecular complexity index is 278. The summed E-state index contributed by atoms with van der Waals surface area (Å²) in [6.07, 6.45) is 0.617. The molecule has 1 atom stereocenters. The molecule has 0 aliphatic rings. The van der Waals surface area contributed by atoms with Crippen molar-refractivity contribution in [2.75, 3.05) is 46.9 Å². The summed E-state index contributed by atoms with van der Waals surface area (Å²) in [7, 11) is 4.14. The maximum atomic E-state index is 11.8. The van der Waals surface area contributed by atoms with Crippen molar-refractivity contribution in [1.29, 1.82) is 0 Å². The first kappa shape index (κ1) is 19.4. The van der Waals surface area contributed by atoms with E-state index >= 15 is 0 Å². The molecule has 0 saturated heterocycles. The third-order valence-corrected chi connectivity index (χ3v) is 3.18. The van der Waals surface area contributed by atoms with Crippen LogP contribution in [0.1, 0.15) is 34.1 Å². The standard InChI is InChI=1S/C15H33N3O2/c1-7-20-14(19)15(4,16)8-9-18(12-13(2)3)11-10-17(5)6/h13H,7-12,16H2,1-6H3. The predicted octanol–water partition coefficient (Wildman–Crippen LogP) is 1.18. The topological polar surface area (TPSA) is 58.8 Å². The molecule has 0 heterocycles. The van der Waals surface area contributed by atoms with Gasteiger partial charge in [0.1, 0.15) is 5.54 Å². The summed E-state index contributed by atoms with van der Waals surface area (Å²) < 4.78 is 5.03. The molecular formula is C15H33N3O2. The van der Waals surface area contributed by atoms with E-state index in [9.17, 15) is 4.79 Å². The van der Waals surface area contributed by atoms with Crippen LogP contribution in [0.4, 0.5) is 0 Å². The van der Waals surface area contributed by atoms with E-state index in [1.165, 1.54) is 0 Å². The van der Waals surface area contributed by atoms with Crippen LogP contribution in [0.15, 0.2) is 0 Å². The van der Waals surface area contributed by atoms with Crippen molar-refractivity contribution in [3.63, 3.8) is 0 Å². The lowest BCUT2D eigenvalue weighted by Crippen LogP contribution is -2.49. The van der Waals surface area contributed by atoms with Crippen LogP contribution in [-0.2, 0) is 9.53 Å². The fourth-order valence-electron chi connectivity index (χ4n) is 1.94. The van der Waals surface area contributed by atoms with E-state index in [0.29, 0.717) is 18.9 Å². The Morgan fingerprint density at radius 1 is 1.25 bits per heavy atom. The molecule has 5 nitrogen and oxygen atoms in total. The van der Waals surface area contributed by atoms with Gasteiger partial charge in [-0.05, 0) is 40.3 Å². The first-order valence-electron chi connectivity index (χ1n) is 7.52. The Morgan fingerprint density at radius 3 is 2.30 bits per heavy atom. The van der Waals surface area contributed by atoms with Crippen molar-refractivity contribution in [3.8, 4) is 0 Å². The number of hydrogen-bond acceptors (Lipinski definition) is 5. The van der Waals surface area contributed by atoms with Gasteiger partial charge in [0.05, 0.1) is 6.61 Å². The first-order valence-corrected chi connectivity index (χ1v) is 7.52. The number of nitrogens with two attached hydrogens (primary N) is 1. The third kappa shape index (κ3) is 8.51. The molecule has 20 heavy (non-hydrogen) atoms. The van der Waals surface area contributed by atoms with E-state index < -0.39 is 5.54 Å². The van der Waals surface area contributed by atoms with Gasteiger partial charge in [0.2, 0.25) is 0 Å². The first-order chi connectivity index (χ1) is 9.19. The second kappa shape index (κ2) is 9.32. The van der Waals surface area contributed by atoms with Gasteiger partial charge in [0.15, 0.2) is 0 Å². The second-order valence-electron chi connectivity index (χ2n) is 6.39. The van der Waals surface area contributed by atoms with E-state index in [-0.39, 0.29) is 5.97 Å². The van der Waals surface area contributed by atoms with Crippen molar-refractivity contribution < 1.29 is 9.53 Å². The van der Waals surface area contributed by atoms with Crippen LogP contribution >= 0.6 is 0 Å². The molecule has 5 heteroatoms. The minimum atomic E-state index is -0.899. The van der Waals surface area contributed by atoms with E-state index in [1.807, 2.05) is 0 Å². The highest BCUT2D eigenvalue weighted by Gasteiger charge is 2.30. The number of ether oxygens (including phenoxy) is 1. The van der Waals surface area contributed by atoms with Gasteiger partial charge >= 0.3 is 5.97 Å². The van der Waals surface area contributed by atoms with Crippen LogP contribution in [0.3, 0.4) is 0 Å². The highest BCUT2D eigenvalue weighted by molar-refractivity contribution is 5.79. The Kier molecular flexibility index (Phi) is 9.01. The summed E-state index contributed by atoms with van der Waals surface area (Å²) in [5.74, 6) is 0.292. The number of likely N-dealkylation sites (N-methyl/N-ethyl adjacent to an activating group) is 1. The molecule has 0 aromatic carbocycles. The van der Waals surface area contributed by atoms with Gasteiger partial charge in [-0.2, -0.15) is 0 Å². The average molecular weight is 287 g/mol. The molecule has 0 saturated carbocycles. The van der Waals surface area contributed by atoms with E-state index in [1.54, 1.807) is 13.8 Å². The molecule has 0 amide bonds. The predicted molar refractivity (Wildman–Crippen MR) is 83.7 cm³/mol. The monoisotopic (exact) mass is 287 g/mol. The molecule has 1 unspecified atom stereocenters. The van der Waals surface area contributed by atoms with Gasteiger partial charge in [-0.3, -0.25) is 4.79 Å². The number of carbonyl (C=O) groups excluding carboxylic acids is 1.